The van der Waals surface area contributed by atoms with Crippen LogP contribution in [-0.2, 0) is 20.9 Å². The Morgan fingerprint density at radius 1 is 1.03 bits per heavy atom. The number of anilines is 2. The van der Waals surface area contributed by atoms with Gasteiger partial charge in [0.05, 0.1) is 36.1 Å². The second-order valence-corrected chi connectivity index (χ2v) is 7.79. The van der Waals surface area contributed by atoms with Crippen LogP contribution in [0.4, 0.5) is 11.4 Å². The number of aromatic nitrogens is 1. The number of para-hydroxylation sites is 1. The van der Waals surface area contributed by atoms with E-state index in [1.807, 2.05) is 89.2 Å². The highest BCUT2D eigenvalue weighted by Crippen LogP contribution is 2.27. The van der Waals surface area contributed by atoms with Gasteiger partial charge in [-0.1, -0.05) is 62.4 Å². The maximum Gasteiger partial charge on any atom is 0.308 e. The van der Waals surface area contributed by atoms with Gasteiger partial charge in [-0.2, -0.15) is 0 Å². The van der Waals surface area contributed by atoms with Crippen molar-refractivity contribution in [1.29, 1.82) is 0 Å². The number of hydrogen-bond donors (Lipinski definition) is 2. The summed E-state index contributed by atoms with van der Waals surface area (Å²) in [5.41, 5.74) is 8.97. The Labute approximate surface area is 192 Å². The minimum atomic E-state index is -0.459. The first kappa shape index (κ1) is 26.9. The molecule has 0 saturated carbocycles. The number of nitrogens with one attached hydrogen (secondary N) is 1. The molecule has 3 rings (SSSR count). The predicted molar refractivity (Wildman–Crippen MR) is 134 cm³/mol. The minimum absolute atomic E-state index is 0.230. The van der Waals surface area contributed by atoms with Crippen molar-refractivity contribution < 1.29 is 14.3 Å². The average molecular weight is 440 g/mol. The molecule has 0 aliphatic rings. The number of rotatable bonds is 6. The topological polar surface area (TPSA) is 86.5 Å². The fraction of sp³-hybridized carbons (Fsp3) is 0.385. The van der Waals surface area contributed by atoms with Crippen molar-refractivity contribution in [3.8, 4) is 0 Å². The number of nitrogens with two attached hydrogens (primary N) is 1. The Balaban J connectivity index is 0.000000388. The fourth-order valence-corrected chi connectivity index (χ4v) is 2.78. The zero-order chi connectivity index (χ0) is 24.0. The van der Waals surface area contributed by atoms with E-state index in [1.165, 1.54) is 5.56 Å². The van der Waals surface area contributed by atoms with Crippen molar-refractivity contribution in [2.24, 2.45) is 0 Å². The lowest BCUT2D eigenvalue weighted by Gasteiger charge is -2.19. The lowest BCUT2D eigenvalue weighted by atomic mass is 10.1. The molecule has 0 aliphatic heterocycles. The van der Waals surface area contributed by atoms with Crippen LogP contribution >= 0.6 is 0 Å². The van der Waals surface area contributed by atoms with Crippen molar-refractivity contribution >= 4 is 28.2 Å². The van der Waals surface area contributed by atoms with Crippen LogP contribution in [0.25, 0.3) is 10.9 Å². The van der Waals surface area contributed by atoms with Gasteiger partial charge < -0.3 is 20.5 Å². The van der Waals surface area contributed by atoms with Gasteiger partial charge in [-0.25, -0.2) is 0 Å². The molecule has 1 heterocycles. The van der Waals surface area contributed by atoms with Crippen LogP contribution in [0.2, 0.25) is 0 Å². The number of ether oxygens (including phenoxy) is 2. The summed E-state index contributed by atoms with van der Waals surface area (Å²) in [5.74, 6) is -0.230. The van der Waals surface area contributed by atoms with Crippen LogP contribution < -0.4 is 11.1 Å². The van der Waals surface area contributed by atoms with E-state index in [4.69, 9.17) is 15.2 Å². The van der Waals surface area contributed by atoms with E-state index >= 15 is 0 Å². The Bertz CT molecular complexity index is 938. The molecule has 0 amide bonds. The molecule has 1 aromatic heterocycles. The van der Waals surface area contributed by atoms with E-state index in [1.54, 1.807) is 13.3 Å². The van der Waals surface area contributed by atoms with E-state index in [9.17, 15) is 4.79 Å². The minimum Gasteiger partial charge on any atom is -0.460 e. The van der Waals surface area contributed by atoms with Gasteiger partial charge in [0, 0.05) is 19.0 Å². The van der Waals surface area contributed by atoms with Gasteiger partial charge in [0.2, 0.25) is 0 Å². The average Bonchev–Trinajstić information content (AvgIpc) is 2.77. The molecule has 6 nitrogen and oxygen atoms in total. The van der Waals surface area contributed by atoms with Gasteiger partial charge in [-0.3, -0.25) is 9.78 Å². The smallest absolute Gasteiger partial charge is 0.308 e. The molecule has 0 radical (unpaired) electrons. The number of esters is 1. The number of fused-ring (bicyclic) bond motifs is 1. The summed E-state index contributed by atoms with van der Waals surface area (Å²) >= 11 is 0. The van der Waals surface area contributed by atoms with Gasteiger partial charge in [-0.15, -0.1) is 0 Å². The lowest BCUT2D eigenvalue weighted by Crippen LogP contribution is -2.25. The molecule has 32 heavy (non-hydrogen) atoms. The normalized spacial score (nSPS) is 10.3. The zero-order valence-corrected chi connectivity index (χ0v) is 20.1. The van der Waals surface area contributed by atoms with E-state index in [-0.39, 0.29) is 12.4 Å². The number of pyridine rings is 1. The number of methoxy groups -OCH3 is 1. The van der Waals surface area contributed by atoms with Crippen molar-refractivity contribution in [3.63, 3.8) is 0 Å². The molecule has 2 aromatic carbocycles. The first-order chi connectivity index (χ1) is 15.3. The SMILES string of the molecule is CC.CC(C)(C)OC(=O)CCNc1c(N)cnc2ccccc12.COCc1ccccc1. The number of carbonyl (C=O) groups is 1. The third-order valence-corrected chi connectivity index (χ3v) is 4.01. The maximum atomic E-state index is 11.7. The van der Waals surface area contributed by atoms with E-state index < -0.39 is 5.60 Å². The molecule has 0 bridgehead atoms. The Hall–Kier alpha value is -3.12. The molecule has 174 valence electrons. The Morgan fingerprint density at radius 3 is 2.28 bits per heavy atom. The standard InChI is InChI=1S/C16H21N3O2.C8H10O.C2H6/c1-16(2,3)21-14(20)8-9-18-15-11-6-4-5-7-13(11)19-10-12(15)17;1-9-7-8-5-3-2-4-6-8;1-2/h4-7,10H,8-9,17H2,1-3H3,(H,18,19);2-6H,7H2,1H3;1-2H3. The molecule has 6 heteroatoms. The van der Waals surface area contributed by atoms with Crippen LogP contribution in [0.5, 0.6) is 0 Å². The summed E-state index contributed by atoms with van der Waals surface area (Å²) in [6.45, 7) is 10.7. The van der Waals surface area contributed by atoms with E-state index in [2.05, 4.69) is 10.3 Å². The highest BCUT2D eigenvalue weighted by Gasteiger charge is 2.16. The Morgan fingerprint density at radius 2 is 1.66 bits per heavy atom. The van der Waals surface area contributed by atoms with Crippen LogP contribution in [0.3, 0.4) is 0 Å². The van der Waals surface area contributed by atoms with Gasteiger partial charge in [0.1, 0.15) is 5.60 Å². The number of benzene rings is 2. The molecule has 0 fully saturated rings. The molecule has 0 aliphatic carbocycles. The monoisotopic (exact) mass is 439 g/mol. The van der Waals surface area contributed by atoms with E-state index in [0.29, 0.717) is 18.8 Å². The summed E-state index contributed by atoms with van der Waals surface area (Å²) < 4.78 is 10.2. The van der Waals surface area contributed by atoms with Gasteiger partial charge in [0.15, 0.2) is 0 Å². The first-order valence-corrected chi connectivity index (χ1v) is 10.9. The summed E-state index contributed by atoms with van der Waals surface area (Å²) in [6.07, 6.45) is 1.91. The molecule has 0 atom stereocenters. The van der Waals surface area contributed by atoms with Crippen LogP contribution in [0.15, 0.2) is 60.8 Å². The molecule has 0 unspecified atom stereocenters. The van der Waals surface area contributed by atoms with Gasteiger partial charge >= 0.3 is 5.97 Å². The number of hydrogen-bond acceptors (Lipinski definition) is 6. The number of nitrogen functional groups attached to an aromatic ring is 1. The van der Waals surface area contributed by atoms with Crippen molar-refractivity contribution in [1.82, 2.24) is 4.98 Å². The number of carbonyl (C=O) groups excluding carboxylic acids is 1. The van der Waals surface area contributed by atoms with Crippen LogP contribution in [0.1, 0.15) is 46.6 Å². The summed E-state index contributed by atoms with van der Waals surface area (Å²) in [4.78, 5) is 16.0. The van der Waals surface area contributed by atoms with Gasteiger partial charge in [-0.05, 0) is 32.4 Å². The molecule has 3 aromatic rings. The molecule has 3 N–H and O–H groups in total. The summed E-state index contributed by atoms with van der Waals surface area (Å²) in [6, 6.07) is 17.8. The zero-order valence-electron chi connectivity index (χ0n) is 20.1. The second-order valence-electron chi connectivity index (χ2n) is 7.79. The third kappa shape index (κ3) is 9.79. The summed E-state index contributed by atoms with van der Waals surface area (Å²) in [5, 5.41) is 4.15. The first-order valence-electron chi connectivity index (χ1n) is 10.9. The van der Waals surface area contributed by atoms with Crippen molar-refractivity contribution in [2.75, 3.05) is 24.7 Å². The molecular formula is C26H37N3O3. The molecule has 0 saturated heterocycles. The third-order valence-electron chi connectivity index (χ3n) is 4.01. The summed E-state index contributed by atoms with van der Waals surface area (Å²) in [7, 11) is 1.70. The van der Waals surface area contributed by atoms with Crippen LogP contribution in [0, 0.1) is 0 Å². The van der Waals surface area contributed by atoms with E-state index in [0.717, 1.165) is 16.6 Å². The lowest BCUT2D eigenvalue weighted by molar-refractivity contribution is -0.154. The predicted octanol–water partition coefficient (Wildman–Crippen LogP) is 5.82. The van der Waals surface area contributed by atoms with Gasteiger partial charge in [0.25, 0.3) is 0 Å². The fourth-order valence-electron chi connectivity index (χ4n) is 2.78. The highest BCUT2D eigenvalue weighted by molar-refractivity contribution is 5.96. The maximum absolute atomic E-state index is 11.7. The largest absolute Gasteiger partial charge is 0.460 e. The second kappa shape index (κ2) is 14.0. The number of nitrogens with zero attached hydrogens (tertiary/aromatic N) is 1. The highest BCUT2D eigenvalue weighted by atomic mass is 16.6. The molecular weight excluding hydrogens is 402 g/mol. The van der Waals surface area contributed by atoms with Crippen molar-refractivity contribution in [3.05, 3.63) is 66.4 Å². The quantitative estimate of drug-likeness (QED) is 0.471. The van der Waals surface area contributed by atoms with Crippen molar-refractivity contribution in [2.45, 2.75) is 53.2 Å². The molecule has 0 spiro atoms. The van der Waals surface area contributed by atoms with Crippen LogP contribution in [-0.4, -0.2) is 30.2 Å². The Kier molecular flexibility index (Phi) is 11.8.